The zero-order chi connectivity index (χ0) is 14.9. The number of nitrogens with one attached hydrogen (secondary N) is 1. The van der Waals surface area contributed by atoms with E-state index in [1.807, 2.05) is 29.6 Å². The van der Waals surface area contributed by atoms with Crippen LogP contribution in [0.4, 0.5) is 0 Å². The quantitative estimate of drug-likeness (QED) is 0.947. The number of carbonyl (C=O) groups excluding carboxylic acids is 1. The Morgan fingerprint density at radius 3 is 2.82 bits per heavy atom. The molecule has 5 heterocycles. The van der Waals surface area contributed by atoms with Crippen LogP contribution in [0.15, 0.2) is 35.8 Å². The van der Waals surface area contributed by atoms with Crippen molar-refractivity contribution >= 4 is 17.2 Å². The van der Waals surface area contributed by atoms with Gasteiger partial charge >= 0.3 is 0 Å². The second-order valence-electron chi connectivity index (χ2n) is 6.10. The standard InChI is InChI=1S/C17H19N3OS/c21-17(19-15-11-20-8-4-12(15)5-9-20)16-13(6-10-22-16)14-3-1-2-7-18-14/h1-3,6-7,10,12,15H,4-5,8-9,11H2,(H,19,21). The maximum absolute atomic E-state index is 12.7. The minimum absolute atomic E-state index is 0.0504. The van der Waals surface area contributed by atoms with Gasteiger partial charge in [-0.05, 0) is 55.4 Å². The molecule has 1 atom stereocenters. The Kier molecular flexibility index (Phi) is 3.68. The van der Waals surface area contributed by atoms with Gasteiger partial charge in [0.2, 0.25) is 0 Å². The first kappa shape index (κ1) is 13.9. The highest BCUT2D eigenvalue weighted by molar-refractivity contribution is 7.12. The Bertz CT molecular complexity index is 662. The summed E-state index contributed by atoms with van der Waals surface area (Å²) in [7, 11) is 0. The minimum Gasteiger partial charge on any atom is -0.347 e. The molecule has 3 aliphatic rings. The van der Waals surface area contributed by atoms with E-state index in [-0.39, 0.29) is 5.91 Å². The van der Waals surface area contributed by atoms with Crippen LogP contribution in [0.3, 0.4) is 0 Å². The van der Waals surface area contributed by atoms with Gasteiger partial charge in [-0.15, -0.1) is 11.3 Å². The normalized spacial score (nSPS) is 26.8. The number of amides is 1. The van der Waals surface area contributed by atoms with E-state index in [0.717, 1.165) is 22.7 Å². The lowest BCUT2D eigenvalue weighted by atomic mass is 9.84. The summed E-state index contributed by atoms with van der Waals surface area (Å²) in [6, 6.07) is 8.08. The lowest BCUT2D eigenvalue weighted by Crippen LogP contribution is -2.57. The molecule has 1 amide bonds. The number of aromatic nitrogens is 1. The van der Waals surface area contributed by atoms with Crippen molar-refractivity contribution in [3.8, 4) is 11.3 Å². The number of carbonyl (C=O) groups is 1. The lowest BCUT2D eigenvalue weighted by Gasteiger charge is -2.44. The molecule has 3 saturated heterocycles. The van der Waals surface area contributed by atoms with Crippen LogP contribution in [0.1, 0.15) is 22.5 Å². The highest BCUT2D eigenvalue weighted by atomic mass is 32.1. The minimum atomic E-state index is 0.0504. The summed E-state index contributed by atoms with van der Waals surface area (Å²) in [5.41, 5.74) is 1.80. The van der Waals surface area contributed by atoms with Crippen molar-refractivity contribution < 1.29 is 4.79 Å². The van der Waals surface area contributed by atoms with E-state index in [2.05, 4.69) is 15.2 Å². The molecular weight excluding hydrogens is 294 g/mol. The Morgan fingerprint density at radius 2 is 2.14 bits per heavy atom. The smallest absolute Gasteiger partial charge is 0.262 e. The van der Waals surface area contributed by atoms with E-state index < -0.39 is 0 Å². The molecule has 4 nitrogen and oxygen atoms in total. The van der Waals surface area contributed by atoms with Gasteiger partial charge in [0.1, 0.15) is 4.88 Å². The van der Waals surface area contributed by atoms with Crippen molar-refractivity contribution in [3.63, 3.8) is 0 Å². The molecule has 0 radical (unpaired) electrons. The first-order chi connectivity index (χ1) is 10.8. The molecule has 2 bridgehead atoms. The Morgan fingerprint density at radius 1 is 1.27 bits per heavy atom. The van der Waals surface area contributed by atoms with Gasteiger partial charge in [-0.3, -0.25) is 9.78 Å². The predicted molar refractivity (Wildman–Crippen MR) is 88.0 cm³/mol. The SMILES string of the molecule is O=C(NC1CN2CCC1CC2)c1sccc1-c1ccccn1. The van der Waals surface area contributed by atoms with Gasteiger partial charge < -0.3 is 10.2 Å². The summed E-state index contributed by atoms with van der Waals surface area (Å²) in [4.78, 5) is 20.3. The molecule has 1 unspecified atom stereocenters. The fourth-order valence-electron chi connectivity index (χ4n) is 3.57. The zero-order valence-corrected chi connectivity index (χ0v) is 13.2. The van der Waals surface area contributed by atoms with Gasteiger partial charge in [0, 0.05) is 24.3 Å². The van der Waals surface area contributed by atoms with Gasteiger partial charge in [0.15, 0.2) is 0 Å². The third-order valence-corrected chi connectivity index (χ3v) is 5.70. The van der Waals surface area contributed by atoms with Gasteiger partial charge in [-0.2, -0.15) is 0 Å². The molecule has 2 aromatic rings. The van der Waals surface area contributed by atoms with Crippen molar-refractivity contribution in [2.24, 2.45) is 5.92 Å². The zero-order valence-electron chi connectivity index (χ0n) is 12.4. The third kappa shape index (κ3) is 2.55. The summed E-state index contributed by atoms with van der Waals surface area (Å²) in [6.45, 7) is 3.38. The van der Waals surface area contributed by atoms with E-state index in [0.29, 0.717) is 12.0 Å². The monoisotopic (exact) mass is 313 g/mol. The van der Waals surface area contributed by atoms with E-state index in [9.17, 15) is 4.79 Å². The molecule has 5 heteroatoms. The van der Waals surface area contributed by atoms with Crippen molar-refractivity contribution in [2.45, 2.75) is 18.9 Å². The van der Waals surface area contributed by atoms with Crippen LogP contribution in [-0.2, 0) is 0 Å². The van der Waals surface area contributed by atoms with Crippen LogP contribution < -0.4 is 5.32 Å². The molecule has 0 saturated carbocycles. The number of rotatable bonds is 3. The third-order valence-electron chi connectivity index (χ3n) is 4.78. The van der Waals surface area contributed by atoms with E-state index in [1.54, 1.807) is 6.20 Å². The molecule has 114 valence electrons. The fraction of sp³-hybridized carbons (Fsp3) is 0.412. The number of fused-ring (bicyclic) bond motifs is 3. The van der Waals surface area contributed by atoms with Crippen LogP contribution in [0.5, 0.6) is 0 Å². The van der Waals surface area contributed by atoms with Crippen LogP contribution in [-0.4, -0.2) is 41.5 Å². The van der Waals surface area contributed by atoms with Crippen LogP contribution in [0.25, 0.3) is 11.3 Å². The number of hydrogen-bond acceptors (Lipinski definition) is 4. The molecule has 2 aromatic heterocycles. The number of nitrogens with zero attached hydrogens (tertiary/aromatic N) is 2. The molecule has 0 aliphatic carbocycles. The highest BCUT2D eigenvalue weighted by Crippen LogP contribution is 2.30. The number of hydrogen-bond donors (Lipinski definition) is 1. The van der Waals surface area contributed by atoms with Gasteiger partial charge in [-0.1, -0.05) is 6.07 Å². The molecule has 0 aromatic carbocycles. The molecule has 5 rings (SSSR count). The summed E-state index contributed by atoms with van der Waals surface area (Å²) in [5, 5.41) is 5.23. The molecule has 1 N–H and O–H groups in total. The van der Waals surface area contributed by atoms with E-state index in [4.69, 9.17) is 0 Å². The Balaban J connectivity index is 1.53. The number of pyridine rings is 1. The van der Waals surface area contributed by atoms with Gasteiger partial charge in [0.25, 0.3) is 5.91 Å². The number of thiophene rings is 1. The van der Waals surface area contributed by atoms with Crippen molar-refractivity contribution in [2.75, 3.05) is 19.6 Å². The maximum atomic E-state index is 12.7. The second-order valence-corrected chi connectivity index (χ2v) is 7.01. The Labute approximate surface area is 134 Å². The van der Waals surface area contributed by atoms with Crippen LogP contribution >= 0.6 is 11.3 Å². The average molecular weight is 313 g/mol. The molecule has 0 spiro atoms. The topological polar surface area (TPSA) is 45.2 Å². The fourth-order valence-corrected chi connectivity index (χ4v) is 4.38. The summed E-state index contributed by atoms with van der Waals surface area (Å²) < 4.78 is 0. The lowest BCUT2D eigenvalue weighted by molar-refractivity contribution is 0.0623. The molecule has 3 aliphatic heterocycles. The summed E-state index contributed by atoms with van der Waals surface area (Å²) in [5.74, 6) is 0.696. The van der Waals surface area contributed by atoms with Crippen molar-refractivity contribution in [1.29, 1.82) is 0 Å². The van der Waals surface area contributed by atoms with E-state index in [1.165, 1.54) is 37.3 Å². The van der Waals surface area contributed by atoms with Crippen molar-refractivity contribution in [3.05, 3.63) is 40.7 Å². The second kappa shape index (κ2) is 5.82. The van der Waals surface area contributed by atoms with Gasteiger partial charge in [0.05, 0.1) is 5.69 Å². The van der Waals surface area contributed by atoms with Crippen LogP contribution in [0, 0.1) is 5.92 Å². The van der Waals surface area contributed by atoms with Crippen LogP contribution in [0.2, 0.25) is 0 Å². The number of piperidine rings is 3. The molecule has 3 fully saturated rings. The molecular formula is C17H19N3OS. The highest BCUT2D eigenvalue weighted by Gasteiger charge is 2.35. The summed E-state index contributed by atoms with van der Waals surface area (Å²) >= 11 is 1.50. The predicted octanol–water partition coefficient (Wildman–Crippen LogP) is 2.63. The Hall–Kier alpha value is -1.72. The first-order valence-electron chi connectivity index (χ1n) is 7.83. The van der Waals surface area contributed by atoms with E-state index >= 15 is 0 Å². The van der Waals surface area contributed by atoms with Crippen molar-refractivity contribution in [1.82, 2.24) is 15.2 Å². The largest absolute Gasteiger partial charge is 0.347 e. The first-order valence-corrected chi connectivity index (χ1v) is 8.71. The maximum Gasteiger partial charge on any atom is 0.262 e. The van der Waals surface area contributed by atoms with Gasteiger partial charge in [-0.25, -0.2) is 0 Å². The summed E-state index contributed by atoms with van der Waals surface area (Å²) in [6.07, 6.45) is 4.19. The molecule has 22 heavy (non-hydrogen) atoms. The average Bonchev–Trinajstić information content (AvgIpc) is 3.06.